The van der Waals surface area contributed by atoms with Gasteiger partial charge in [-0.25, -0.2) is 33.5 Å². The Labute approximate surface area is 400 Å². The van der Waals surface area contributed by atoms with Crippen molar-refractivity contribution in [2.75, 3.05) is 21.7 Å². The van der Waals surface area contributed by atoms with Crippen LogP contribution in [0.5, 0.6) is 11.6 Å². The molecule has 6 atom stereocenters. The summed E-state index contributed by atoms with van der Waals surface area (Å²) >= 11 is 0. The summed E-state index contributed by atoms with van der Waals surface area (Å²) in [6, 6.07) is 10.2. The van der Waals surface area contributed by atoms with E-state index in [9.17, 15) is 9.18 Å². The number of hydrogen-bond acceptors (Lipinski definition) is 16. The first-order valence-electron chi connectivity index (χ1n) is 24.5. The van der Waals surface area contributed by atoms with Crippen LogP contribution in [0, 0.1) is 25.5 Å². The predicted octanol–water partition coefficient (Wildman–Crippen LogP) is 10.7. The van der Waals surface area contributed by atoms with Crippen molar-refractivity contribution < 1.29 is 32.1 Å². The molecule has 8 heterocycles. The molecule has 0 radical (unpaired) electrons. The lowest BCUT2D eigenvalue weighted by molar-refractivity contribution is 0.0525. The molecule has 2 aromatic carbocycles. The molecule has 18 heteroatoms. The fourth-order valence-corrected chi connectivity index (χ4v) is 11.3. The van der Waals surface area contributed by atoms with Gasteiger partial charge in [-0.15, -0.1) is 0 Å². The number of hydrogen-bond donors (Lipinski definition) is 1. The molecule has 4 aromatic heterocycles. The molecule has 6 aromatic rings. The average molecular weight is 944 g/mol. The second-order valence-corrected chi connectivity index (χ2v) is 19.4. The van der Waals surface area contributed by atoms with E-state index < -0.39 is 17.6 Å². The highest BCUT2D eigenvalue weighted by Gasteiger charge is 2.46. The number of esters is 1. The van der Waals surface area contributed by atoms with Gasteiger partial charge in [-0.1, -0.05) is 43.6 Å². The standard InChI is InChI=1S/C51H59F2N11O5/c1-7-9-31-10-17-42(40(53)19-31)67-48-30(6)47(56-26-57-48)64-37-14-15-38(64)23-34(22-37)50-60-44(62-69-50)28(4)18-27(3)43-59-49(68-61-43)33-20-35-12-13-36(21-33)63(35)46-29(5)45(54-25-55-46)58-41-16-11-32(24-39(41)52)51(65)66-8-2/h10-11,16-17,19,24-28,33-38H,7-9,12-15,18,20-23H2,1-6H3,(H,54,55,58). The normalized spacial score (nSPS) is 22.7. The van der Waals surface area contributed by atoms with Gasteiger partial charge in [0.2, 0.25) is 17.7 Å². The number of rotatable bonds is 16. The third-order valence-electron chi connectivity index (χ3n) is 14.7. The number of nitrogens with zero attached hydrogens (tertiary/aromatic N) is 10. The van der Waals surface area contributed by atoms with Crippen LogP contribution in [-0.2, 0) is 11.2 Å². The molecule has 16 nitrogen and oxygen atoms in total. The zero-order valence-corrected chi connectivity index (χ0v) is 40.0. The monoisotopic (exact) mass is 943 g/mol. The summed E-state index contributed by atoms with van der Waals surface area (Å²) in [4.78, 5) is 45.1. The third-order valence-corrected chi connectivity index (χ3v) is 14.7. The molecule has 0 aliphatic carbocycles. The number of halogens is 2. The number of carbonyl (C=O) groups excluding carboxylic acids is 1. The van der Waals surface area contributed by atoms with E-state index in [0.29, 0.717) is 35.1 Å². The number of piperidine rings is 2. The van der Waals surface area contributed by atoms with Crippen LogP contribution in [0.1, 0.15) is 166 Å². The maximum absolute atomic E-state index is 15.1. The van der Waals surface area contributed by atoms with Gasteiger partial charge in [0.05, 0.1) is 23.4 Å². The topological polar surface area (TPSA) is 183 Å². The number of ether oxygens (including phenoxy) is 2. The second kappa shape index (κ2) is 19.4. The molecule has 362 valence electrons. The Morgan fingerprint density at radius 3 is 1.88 bits per heavy atom. The molecule has 4 fully saturated rings. The highest BCUT2D eigenvalue weighted by Crippen LogP contribution is 2.48. The van der Waals surface area contributed by atoms with Crippen LogP contribution < -0.4 is 19.9 Å². The molecule has 69 heavy (non-hydrogen) atoms. The lowest BCUT2D eigenvalue weighted by atomic mass is 9.90. The minimum atomic E-state index is -0.578. The fourth-order valence-electron chi connectivity index (χ4n) is 11.3. The van der Waals surface area contributed by atoms with Gasteiger partial charge in [-0.3, -0.25) is 0 Å². The van der Waals surface area contributed by atoms with E-state index in [1.165, 1.54) is 36.9 Å². The van der Waals surface area contributed by atoms with Gasteiger partial charge in [0.25, 0.3) is 0 Å². The summed E-state index contributed by atoms with van der Waals surface area (Å²) in [7, 11) is 0. The summed E-state index contributed by atoms with van der Waals surface area (Å²) in [5.74, 6) is 4.05. The number of anilines is 4. The van der Waals surface area contributed by atoms with Crippen molar-refractivity contribution in [3.05, 3.63) is 106 Å². The van der Waals surface area contributed by atoms with Crippen molar-refractivity contribution in [1.82, 2.24) is 40.2 Å². The second-order valence-electron chi connectivity index (χ2n) is 19.4. The van der Waals surface area contributed by atoms with Crippen molar-refractivity contribution in [2.45, 2.75) is 160 Å². The van der Waals surface area contributed by atoms with Crippen LogP contribution in [-0.4, -0.2) is 77.0 Å². The first kappa shape index (κ1) is 46.2. The van der Waals surface area contributed by atoms with Gasteiger partial charge in [0.15, 0.2) is 23.2 Å². The average Bonchev–Trinajstić information content (AvgIpc) is 4.14. The van der Waals surface area contributed by atoms with E-state index in [0.717, 1.165) is 99.0 Å². The van der Waals surface area contributed by atoms with Crippen molar-refractivity contribution >= 4 is 29.1 Å². The SMILES string of the molecule is CCCc1ccc(Oc2ncnc(N3C4CCC3CC(c3nc(C(C)CC(C)c5noc(C6CC7CCC(C6)N7c6ncnc(Nc7ccc(C(=O)OCC)cc7F)c6C)n5)no3)C4)c2C)c(F)c1. The van der Waals surface area contributed by atoms with Gasteiger partial charge in [0.1, 0.15) is 35.9 Å². The summed E-state index contributed by atoms with van der Waals surface area (Å²) in [6.45, 7) is 12.1. The molecule has 4 aliphatic rings. The van der Waals surface area contributed by atoms with Crippen LogP contribution in [0.2, 0.25) is 0 Å². The van der Waals surface area contributed by atoms with Crippen molar-refractivity contribution in [1.29, 1.82) is 0 Å². The maximum Gasteiger partial charge on any atom is 0.338 e. The highest BCUT2D eigenvalue weighted by molar-refractivity contribution is 5.90. The molecule has 4 bridgehead atoms. The van der Waals surface area contributed by atoms with Gasteiger partial charge in [-0.05, 0) is 121 Å². The minimum absolute atomic E-state index is 0.000975. The van der Waals surface area contributed by atoms with E-state index in [1.54, 1.807) is 13.0 Å². The number of aromatic nitrogens is 8. The van der Waals surface area contributed by atoms with Crippen molar-refractivity contribution in [3.63, 3.8) is 0 Å². The van der Waals surface area contributed by atoms with Gasteiger partial charge in [-0.2, -0.15) is 9.97 Å². The van der Waals surface area contributed by atoms with E-state index in [4.69, 9.17) is 38.5 Å². The van der Waals surface area contributed by atoms with Crippen molar-refractivity contribution in [3.8, 4) is 11.6 Å². The predicted molar refractivity (Wildman–Crippen MR) is 252 cm³/mol. The Bertz CT molecular complexity index is 2790. The smallest absolute Gasteiger partial charge is 0.338 e. The van der Waals surface area contributed by atoms with Gasteiger partial charge < -0.3 is 33.6 Å². The maximum atomic E-state index is 15.1. The summed E-state index contributed by atoms with van der Waals surface area (Å²) in [5.41, 5.74) is 2.90. The molecular formula is C51H59F2N11O5. The Morgan fingerprint density at radius 1 is 0.754 bits per heavy atom. The molecule has 4 aliphatic heterocycles. The first-order chi connectivity index (χ1) is 33.5. The Morgan fingerprint density at radius 2 is 1.33 bits per heavy atom. The fraction of sp³-hybridized carbons (Fsp3) is 0.510. The number of carbonyl (C=O) groups is 1. The Balaban J connectivity index is 0.742. The number of benzene rings is 2. The Kier molecular flexibility index (Phi) is 13.0. The Hall–Kier alpha value is -6.59. The molecule has 1 N–H and O–H groups in total. The number of nitrogens with one attached hydrogen (secondary N) is 1. The summed E-state index contributed by atoms with van der Waals surface area (Å²) in [6.07, 6.45) is 13.0. The summed E-state index contributed by atoms with van der Waals surface area (Å²) < 4.78 is 53.1. The zero-order valence-electron chi connectivity index (χ0n) is 40.0. The number of fused-ring (bicyclic) bond motifs is 4. The van der Waals surface area contributed by atoms with E-state index >= 15 is 4.39 Å². The lowest BCUT2D eigenvalue weighted by Gasteiger charge is -2.39. The van der Waals surface area contributed by atoms with Gasteiger partial charge >= 0.3 is 5.97 Å². The molecule has 10 rings (SSSR count). The quantitative estimate of drug-likeness (QED) is 0.0903. The van der Waals surface area contributed by atoms with Crippen LogP contribution in [0.25, 0.3) is 0 Å². The molecular weight excluding hydrogens is 885 g/mol. The third kappa shape index (κ3) is 9.21. The molecule has 0 spiro atoms. The largest absolute Gasteiger partial charge is 0.462 e. The van der Waals surface area contributed by atoms with Crippen molar-refractivity contribution in [2.24, 2.45) is 0 Å². The number of aryl methyl sites for hydroxylation is 1. The van der Waals surface area contributed by atoms with E-state index in [2.05, 4.69) is 56.2 Å². The van der Waals surface area contributed by atoms with E-state index in [1.807, 2.05) is 19.9 Å². The minimum Gasteiger partial charge on any atom is -0.462 e. The summed E-state index contributed by atoms with van der Waals surface area (Å²) in [5, 5.41) is 12.1. The molecule has 4 saturated heterocycles. The van der Waals surface area contributed by atoms with Crippen LogP contribution in [0.4, 0.5) is 31.9 Å². The van der Waals surface area contributed by atoms with Crippen LogP contribution in [0.15, 0.2) is 58.1 Å². The first-order valence-corrected chi connectivity index (χ1v) is 24.5. The van der Waals surface area contributed by atoms with Crippen LogP contribution >= 0.6 is 0 Å². The molecule has 0 saturated carbocycles. The molecule has 0 amide bonds. The van der Waals surface area contributed by atoms with Gasteiger partial charge in [0, 0.05) is 53.4 Å². The van der Waals surface area contributed by atoms with Crippen LogP contribution in [0.3, 0.4) is 0 Å². The lowest BCUT2D eigenvalue weighted by Crippen LogP contribution is -2.43. The van der Waals surface area contributed by atoms with E-state index in [-0.39, 0.29) is 71.4 Å². The zero-order chi connectivity index (χ0) is 47.9. The highest BCUT2D eigenvalue weighted by atomic mass is 19.1. The molecule has 6 unspecified atom stereocenters.